The molecule has 2 N–H and O–H groups in total. The van der Waals surface area contributed by atoms with E-state index >= 15 is 0 Å². The van der Waals surface area contributed by atoms with Crippen molar-refractivity contribution in [3.8, 4) is 5.75 Å². The van der Waals surface area contributed by atoms with E-state index in [-0.39, 0.29) is 17.7 Å². The number of amides is 1. The molecule has 10 heteroatoms. The Morgan fingerprint density at radius 2 is 1.97 bits per heavy atom. The second-order valence-electron chi connectivity index (χ2n) is 7.77. The van der Waals surface area contributed by atoms with Gasteiger partial charge in [-0.3, -0.25) is 14.7 Å². The number of halogens is 2. The number of carbonyl (C=O) groups is 1. The average molecular weight is 439 g/mol. The van der Waals surface area contributed by atoms with Crippen molar-refractivity contribution in [2.45, 2.75) is 26.0 Å². The van der Waals surface area contributed by atoms with Crippen molar-refractivity contribution in [2.75, 3.05) is 64.3 Å². The van der Waals surface area contributed by atoms with E-state index in [9.17, 15) is 13.6 Å². The summed E-state index contributed by atoms with van der Waals surface area (Å²) in [5, 5.41) is 6.77. The van der Waals surface area contributed by atoms with Crippen LogP contribution in [0.25, 0.3) is 0 Å². The lowest BCUT2D eigenvalue weighted by Gasteiger charge is -2.34. The van der Waals surface area contributed by atoms with Crippen molar-refractivity contribution in [1.82, 2.24) is 20.4 Å². The van der Waals surface area contributed by atoms with Crippen molar-refractivity contribution < 1.29 is 18.3 Å². The number of rotatable bonds is 7. The molecule has 2 aliphatic heterocycles. The molecule has 1 aromatic rings. The first-order valence-corrected chi connectivity index (χ1v) is 10.7. The molecular formula is C21H32F2N6O2. The number of nitrogens with zero attached hydrogens (tertiary/aromatic N) is 4. The fourth-order valence-electron chi connectivity index (χ4n) is 4.02. The van der Waals surface area contributed by atoms with Gasteiger partial charge in [0, 0.05) is 72.4 Å². The first-order valence-electron chi connectivity index (χ1n) is 10.7. The van der Waals surface area contributed by atoms with Gasteiger partial charge in [0.2, 0.25) is 5.91 Å². The van der Waals surface area contributed by atoms with Gasteiger partial charge in [-0.05, 0) is 18.6 Å². The van der Waals surface area contributed by atoms with Gasteiger partial charge in [-0.15, -0.1) is 0 Å². The van der Waals surface area contributed by atoms with Crippen LogP contribution in [0, 0.1) is 0 Å². The highest BCUT2D eigenvalue weighted by Gasteiger charge is 2.26. The number of ether oxygens (including phenoxy) is 1. The summed E-state index contributed by atoms with van der Waals surface area (Å²) < 4.78 is 30.1. The minimum absolute atomic E-state index is 0.136. The summed E-state index contributed by atoms with van der Waals surface area (Å²) in [4.78, 5) is 22.0. The molecule has 1 aromatic carbocycles. The van der Waals surface area contributed by atoms with Gasteiger partial charge < -0.3 is 25.2 Å². The number of guanidine groups is 1. The maximum atomic E-state index is 12.7. The van der Waals surface area contributed by atoms with Crippen molar-refractivity contribution in [3.63, 3.8) is 0 Å². The number of alkyl halides is 2. The molecule has 0 bridgehead atoms. The second kappa shape index (κ2) is 11.1. The van der Waals surface area contributed by atoms with Gasteiger partial charge in [0.1, 0.15) is 5.75 Å². The maximum Gasteiger partial charge on any atom is 0.387 e. The number of hydrogen-bond donors (Lipinski definition) is 2. The Morgan fingerprint density at radius 3 is 2.65 bits per heavy atom. The van der Waals surface area contributed by atoms with Crippen LogP contribution in [0.3, 0.4) is 0 Å². The molecule has 2 saturated heterocycles. The van der Waals surface area contributed by atoms with Crippen molar-refractivity contribution in [2.24, 2.45) is 4.99 Å². The number of benzene rings is 1. The van der Waals surface area contributed by atoms with E-state index in [4.69, 9.17) is 0 Å². The van der Waals surface area contributed by atoms with E-state index in [1.807, 2.05) is 11.0 Å². The summed E-state index contributed by atoms with van der Waals surface area (Å²) in [6, 6.07) is 7.05. The van der Waals surface area contributed by atoms with Crippen LogP contribution in [0.4, 0.5) is 14.5 Å². The smallest absolute Gasteiger partial charge is 0.387 e. The molecule has 3 rings (SSSR count). The third-order valence-corrected chi connectivity index (χ3v) is 5.71. The number of aliphatic imine (C=N–C) groups is 1. The Morgan fingerprint density at radius 1 is 1.23 bits per heavy atom. The molecule has 172 valence electrons. The zero-order chi connectivity index (χ0) is 22.2. The van der Waals surface area contributed by atoms with Gasteiger partial charge in [-0.2, -0.15) is 8.78 Å². The lowest BCUT2D eigenvalue weighted by molar-refractivity contribution is -0.130. The topological polar surface area (TPSA) is 72.4 Å². The van der Waals surface area contributed by atoms with Gasteiger partial charge in [-0.25, -0.2) is 0 Å². The fraction of sp³-hybridized carbons (Fsp3) is 0.619. The van der Waals surface area contributed by atoms with Crippen molar-refractivity contribution in [1.29, 1.82) is 0 Å². The molecule has 1 unspecified atom stereocenters. The predicted octanol–water partition coefficient (Wildman–Crippen LogP) is 1.20. The summed E-state index contributed by atoms with van der Waals surface area (Å²) in [6.45, 7) is 5.13. The van der Waals surface area contributed by atoms with Gasteiger partial charge in [0.05, 0.1) is 5.69 Å². The summed E-state index contributed by atoms with van der Waals surface area (Å²) in [6.07, 6.45) is 0.872. The minimum Gasteiger partial charge on any atom is -0.433 e. The number of nitrogens with one attached hydrogen (secondary N) is 2. The van der Waals surface area contributed by atoms with Crippen molar-refractivity contribution >= 4 is 17.6 Å². The third kappa shape index (κ3) is 6.68. The molecule has 1 amide bonds. The molecule has 0 aromatic heterocycles. The van der Waals surface area contributed by atoms with Gasteiger partial charge in [-0.1, -0.05) is 12.1 Å². The van der Waals surface area contributed by atoms with E-state index < -0.39 is 6.61 Å². The highest BCUT2D eigenvalue weighted by atomic mass is 19.3. The van der Waals surface area contributed by atoms with Crippen molar-refractivity contribution in [3.05, 3.63) is 24.3 Å². The van der Waals surface area contributed by atoms with Crippen LogP contribution in [0.1, 0.15) is 13.3 Å². The first kappa shape index (κ1) is 23.1. The minimum atomic E-state index is -2.84. The van der Waals surface area contributed by atoms with Crippen LogP contribution in [0.5, 0.6) is 5.75 Å². The van der Waals surface area contributed by atoms with Crippen LogP contribution in [0.2, 0.25) is 0 Å². The Hall–Kier alpha value is -2.62. The molecule has 0 spiro atoms. The normalized spacial score (nSPS) is 20.3. The highest BCUT2D eigenvalue weighted by molar-refractivity contribution is 5.80. The summed E-state index contributed by atoms with van der Waals surface area (Å²) in [7, 11) is 1.74. The zero-order valence-electron chi connectivity index (χ0n) is 18.2. The monoisotopic (exact) mass is 438 g/mol. The number of hydrogen-bond acceptors (Lipinski definition) is 5. The molecule has 2 heterocycles. The molecule has 1 atom stereocenters. The molecule has 0 radical (unpaired) electrons. The summed E-state index contributed by atoms with van der Waals surface area (Å²) >= 11 is 0. The summed E-state index contributed by atoms with van der Waals surface area (Å²) in [5.74, 6) is 1.06. The Balaban J connectivity index is 1.42. The van der Waals surface area contributed by atoms with Crippen LogP contribution in [0.15, 0.2) is 29.3 Å². The Labute approximate surface area is 182 Å². The van der Waals surface area contributed by atoms with Crippen LogP contribution in [-0.4, -0.2) is 93.7 Å². The molecule has 8 nitrogen and oxygen atoms in total. The molecule has 31 heavy (non-hydrogen) atoms. The number of carbonyl (C=O) groups excluding carboxylic acids is 1. The standard InChI is InChI=1S/C21H32F2N6O2/c1-16(30)28-13-11-27(12-14-28)10-8-25-21(24-2)26-17-7-9-29(15-17)18-5-3-4-6-19(18)31-20(22)23/h3-6,17,20H,7-15H2,1-2H3,(H2,24,25,26). The largest absolute Gasteiger partial charge is 0.433 e. The first-order chi connectivity index (χ1) is 15.0. The van der Waals surface area contributed by atoms with E-state index in [0.717, 1.165) is 58.2 Å². The SMILES string of the molecule is CN=C(NCCN1CCN(C(C)=O)CC1)NC1CCN(c2ccccc2OC(F)F)C1. The zero-order valence-corrected chi connectivity index (χ0v) is 18.2. The van der Waals surface area contributed by atoms with Gasteiger partial charge in [0.15, 0.2) is 5.96 Å². The molecule has 2 fully saturated rings. The van der Waals surface area contributed by atoms with E-state index in [2.05, 4.69) is 30.2 Å². The molecular weight excluding hydrogens is 406 g/mol. The lowest BCUT2D eigenvalue weighted by atomic mass is 10.2. The second-order valence-corrected chi connectivity index (χ2v) is 7.77. The average Bonchev–Trinajstić information content (AvgIpc) is 3.21. The van der Waals surface area contributed by atoms with E-state index in [1.165, 1.54) is 0 Å². The molecule has 2 aliphatic rings. The fourth-order valence-corrected chi connectivity index (χ4v) is 4.02. The molecule has 0 saturated carbocycles. The third-order valence-electron chi connectivity index (χ3n) is 5.71. The van der Waals surface area contributed by atoms with Gasteiger partial charge in [0.25, 0.3) is 0 Å². The van der Waals surface area contributed by atoms with Crippen LogP contribution < -0.4 is 20.3 Å². The Bertz CT molecular complexity index is 755. The maximum absolute atomic E-state index is 12.7. The number of anilines is 1. The van der Waals surface area contributed by atoms with E-state index in [0.29, 0.717) is 12.2 Å². The molecule has 0 aliphatic carbocycles. The van der Waals surface area contributed by atoms with Gasteiger partial charge >= 0.3 is 6.61 Å². The van der Waals surface area contributed by atoms with E-state index in [1.54, 1.807) is 32.2 Å². The number of para-hydroxylation sites is 2. The van der Waals surface area contributed by atoms with Crippen LogP contribution >= 0.6 is 0 Å². The van der Waals surface area contributed by atoms with Crippen LogP contribution in [-0.2, 0) is 4.79 Å². The Kier molecular flexibility index (Phi) is 8.27. The summed E-state index contributed by atoms with van der Waals surface area (Å²) in [5.41, 5.74) is 0.680. The lowest BCUT2D eigenvalue weighted by Crippen LogP contribution is -2.51. The predicted molar refractivity (Wildman–Crippen MR) is 117 cm³/mol. The quantitative estimate of drug-likeness (QED) is 0.492. The highest BCUT2D eigenvalue weighted by Crippen LogP contribution is 2.31. The number of piperazine rings is 1.